The molecule has 0 saturated heterocycles. The van der Waals surface area contributed by atoms with Crippen molar-refractivity contribution in [1.29, 1.82) is 0 Å². The summed E-state index contributed by atoms with van der Waals surface area (Å²) in [5, 5.41) is 9.35. The Morgan fingerprint density at radius 1 is 1.12 bits per heavy atom. The Hall–Kier alpha value is -1.60. The van der Waals surface area contributed by atoms with Gasteiger partial charge in [0.15, 0.2) is 0 Å². The molecule has 8 heteroatoms. The zero-order chi connectivity index (χ0) is 18.9. The summed E-state index contributed by atoms with van der Waals surface area (Å²) in [5.74, 6) is -0.752. The van der Waals surface area contributed by atoms with Crippen LogP contribution in [0.5, 0.6) is 0 Å². The van der Waals surface area contributed by atoms with E-state index in [-0.39, 0.29) is 28.8 Å². The SMILES string of the molecule is O=C(O)Cc1ccc2c(c1)CC(CNS(=O)(=O)c1ccc(Cl)cc1Cl)C2. The maximum absolute atomic E-state index is 12.5. The summed E-state index contributed by atoms with van der Waals surface area (Å²) in [6, 6.07) is 9.90. The molecule has 0 saturated carbocycles. The molecule has 1 aliphatic carbocycles. The quantitative estimate of drug-likeness (QED) is 0.760. The van der Waals surface area contributed by atoms with Crippen LogP contribution in [0.1, 0.15) is 16.7 Å². The van der Waals surface area contributed by atoms with Crippen LogP contribution in [0.25, 0.3) is 0 Å². The van der Waals surface area contributed by atoms with E-state index in [1.807, 2.05) is 18.2 Å². The van der Waals surface area contributed by atoms with Gasteiger partial charge in [-0.05, 0) is 53.6 Å². The number of rotatable bonds is 6. The largest absolute Gasteiger partial charge is 0.481 e. The summed E-state index contributed by atoms with van der Waals surface area (Å²) in [6.45, 7) is 0.282. The van der Waals surface area contributed by atoms with Gasteiger partial charge < -0.3 is 5.11 Å². The minimum absolute atomic E-state index is 0.00261. The van der Waals surface area contributed by atoms with Crippen molar-refractivity contribution in [2.45, 2.75) is 24.2 Å². The number of carboxylic acids is 1. The minimum Gasteiger partial charge on any atom is -0.481 e. The first-order valence-electron chi connectivity index (χ1n) is 8.02. The number of hydrogen-bond donors (Lipinski definition) is 2. The third-order valence-corrected chi connectivity index (χ3v) is 6.53. The maximum atomic E-state index is 12.5. The van der Waals surface area contributed by atoms with E-state index in [9.17, 15) is 13.2 Å². The smallest absolute Gasteiger partial charge is 0.307 e. The summed E-state index contributed by atoms with van der Waals surface area (Å²) >= 11 is 11.8. The highest BCUT2D eigenvalue weighted by Crippen LogP contribution is 2.29. The van der Waals surface area contributed by atoms with Gasteiger partial charge in [-0.2, -0.15) is 0 Å². The number of benzene rings is 2. The molecular weight excluding hydrogens is 397 g/mol. The molecule has 1 atom stereocenters. The molecule has 1 unspecified atom stereocenters. The molecule has 138 valence electrons. The van der Waals surface area contributed by atoms with Crippen molar-refractivity contribution < 1.29 is 18.3 Å². The van der Waals surface area contributed by atoms with Gasteiger partial charge >= 0.3 is 5.97 Å². The number of carbonyl (C=O) groups is 1. The molecule has 26 heavy (non-hydrogen) atoms. The van der Waals surface area contributed by atoms with Crippen LogP contribution in [0.4, 0.5) is 0 Å². The van der Waals surface area contributed by atoms with E-state index in [1.54, 1.807) is 0 Å². The fraction of sp³-hybridized carbons (Fsp3) is 0.278. The summed E-state index contributed by atoms with van der Waals surface area (Å²) < 4.78 is 27.5. The van der Waals surface area contributed by atoms with Crippen LogP contribution in [0, 0.1) is 5.92 Å². The number of carboxylic acid groups (broad SMARTS) is 1. The monoisotopic (exact) mass is 413 g/mol. The van der Waals surface area contributed by atoms with Crippen molar-refractivity contribution in [2.75, 3.05) is 6.54 Å². The molecule has 0 amide bonds. The second-order valence-corrected chi connectivity index (χ2v) is 8.95. The Labute approximate surface area is 162 Å². The Kier molecular flexibility index (Phi) is 5.58. The Morgan fingerprint density at radius 2 is 1.85 bits per heavy atom. The zero-order valence-corrected chi connectivity index (χ0v) is 16.0. The molecule has 1 aliphatic rings. The van der Waals surface area contributed by atoms with Crippen molar-refractivity contribution in [3.63, 3.8) is 0 Å². The lowest BCUT2D eigenvalue weighted by atomic mass is 10.0. The highest BCUT2D eigenvalue weighted by atomic mass is 35.5. The van der Waals surface area contributed by atoms with Crippen LogP contribution in [0.15, 0.2) is 41.3 Å². The van der Waals surface area contributed by atoms with Gasteiger partial charge in [-0.3, -0.25) is 4.79 Å². The van der Waals surface area contributed by atoms with E-state index >= 15 is 0 Å². The standard InChI is InChI=1S/C18H17Cl2NO4S/c19-15-3-4-17(16(20)9-15)26(24,25)21-10-12-6-13-2-1-11(8-18(22)23)5-14(13)7-12/h1-5,9,12,21H,6-8,10H2,(H,22,23). The van der Waals surface area contributed by atoms with Gasteiger partial charge in [0.1, 0.15) is 4.90 Å². The van der Waals surface area contributed by atoms with Gasteiger partial charge in [-0.25, -0.2) is 13.1 Å². The number of fused-ring (bicyclic) bond motifs is 1. The lowest BCUT2D eigenvalue weighted by molar-refractivity contribution is -0.136. The Balaban J connectivity index is 1.66. The highest BCUT2D eigenvalue weighted by Gasteiger charge is 2.25. The summed E-state index contributed by atoms with van der Waals surface area (Å²) in [6.07, 6.45) is 1.44. The minimum atomic E-state index is -3.72. The van der Waals surface area contributed by atoms with E-state index in [2.05, 4.69) is 4.72 Å². The van der Waals surface area contributed by atoms with E-state index < -0.39 is 16.0 Å². The third kappa shape index (κ3) is 4.38. The fourth-order valence-corrected chi connectivity index (χ4v) is 5.08. The van der Waals surface area contributed by atoms with Crippen LogP contribution in [0.3, 0.4) is 0 Å². The summed E-state index contributed by atoms with van der Waals surface area (Å²) in [5.41, 5.74) is 2.97. The lowest BCUT2D eigenvalue weighted by Crippen LogP contribution is -2.30. The molecule has 2 aromatic rings. The molecule has 5 nitrogen and oxygen atoms in total. The van der Waals surface area contributed by atoms with Gasteiger partial charge in [0.2, 0.25) is 10.0 Å². The molecule has 3 rings (SSSR count). The Bertz CT molecular complexity index is 960. The first-order chi connectivity index (χ1) is 12.2. The van der Waals surface area contributed by atoms with E-state index in [4.69, 9.17) is 28.3 Å². The van der Waals surface area contributed by atoms with Crippen molar-refractivity contribution in [3.8, 4) is 0 Å². The third-order valence-electron chi connectivity index (χ3n) is 4.39. The number of nitrogens with one attached hydrogen (secondary N) is 1. The van der Waals surface area contributed by atoms with Gasteiger partial charge in [-0.15, -0.1) is 0 Å². The van der Waals surface area contributed by atoms with Crippen LogP contribution in [-0.2, 0) is 34.1 Å². The van der Waals surface area contributed by atoms with Crippen molar-refractivity contribution >= 4 is 39.2 Å². The topological polar surface area (TPSA) is 83.5 Å². The zero-order valence-electron chi connectivity index (χ0n) is 13.7. The van der Waals surface area contributed by atoms with Crippen molar-refractivity contribution in [3.05, 3.63) is 63.1 Å². The predicted octanol–water partition coefficient (Wildman–Crippen LogP) is 3.31. The van der Waals surface area contributed by atoms with Crippen molar-refractivity contribution in [2.24, 2.45) is 5.92 Å². The van der Waals surface area contributed by atoms with E-state index in [1.165, 1.54) is 18.2 Å². The summed E-state index contributed by atoms with van der Waals surface area (Å²) in [7, 11) is -3.72. The number of aliphatic carboxylic acids is 1. The fourth-order valence-electron chi connectivity index (χ4n) is 3.19. The molecule has 0 radical (unpaired) electrons. The normalized spacial score (nSPS) is 16.5. The molecule has 2 N–H and O–H groups in total. The predicted molar refractivity (Wildman–Crippen MR) is 100 cm³/mol. The number of hydrogen-bond acceptors (Lipinski definition) is 3. The molecule has 0 heterocycles. The number of sulfonamides is 1. The number of halogens is 2. The van der Waals surface area contributed by atoms with Crippen LogP contribution < -0.4 is 4.72 Å². The first kappa shape index (κ1) is 19.2. The first-order valence-corrected chi connectivity index (χ1v) is 10.3. The molecule has 0 fully saturated rings. The summed E-state index contributed by atoms with van der Waals surface area (Å²) in [4.78, 5) is 10.8. The van der Waals surface area contributed by atoms with Gasteiger partial charge in [-0.1, -0.05) is 41.4 Å². The molecule has 2 aromatic carbocycles. The molecule has 0 bridgehead atoms. The second kappa shape index (κ2) is 7.56. The average molecular weight is 414 g/mol. The van der Waals surface area contributed by atoms with E-state index in [0.29, 0.717) is 11.4 Å². The van der Waals surface area contributed by atoms with E-state index in [0.717, 1.165) is 23.1 Å². The van der Waals surface area contributed by atoms with Crippen LogP contribution in [-0.4, -0.2) is 26.0 Å². The Morgan fingerprint density at radius 3 is 2.54 bits per heavy atom. The van der Waals surface area contributed by atoms with Crippen molar-refractivity contribution in [1.82, 2.24) is 4.72 Å². The van der Waals surface area contributed by atoms with Crippen LogP contribution >= 0.6 is 23.2 Å². The molecular formula is C18H17Cl2NO4S. The highest BCUT2D eigenvalue weighted by molar-refractivity contribution is 7.89. The molecule has 0 spiro atoms. The second-order valence-electron chi connectivity index (χ2n) is 6.37. The average Bonchev–Trinajstić information content (AvgIpc) is 2.94. The maximum Gasteiger partial charge on any atom is 0.307 e. The van der Waals surface area contributed by atoms with Gasteiger partial charge in [0, 0.05) is 11.6 Å². The van der Waals surface area contributed by atoms with Crippen LogP contribution in [0.2, 0.25) is 10.0 Å². The molecule has 0 aromatic heterocycles. The lowest BCUT2D eigenvalue weighted by Gasteiger charge is -2.12. The van der Waals surface area contributed by atoms with Gasteiger partial charge in [0.05, 0.1) is 11.4 Å². The molecule has 0 aliphatic heterocycles. The van der Waals surface area contributed by atoms with Gasteiger partial charge in [0.25, 0.3) is 0 Å².